The van der Waals surface area contributed by atoms with Crippen molar-refractivity contribution in [2.75, 3.05) is 6.61 Å². The Balaban J connectivity index is 0.00000442. The molecule has 3 aliphatic carbocycles. The Bertz CT molecular complexity index is 1350. The van der Waals surface area contributed by atoms with E-state index >= 15 is 0 Å². The molecule has 9 unspecified atom stereocenters. The van der Waals surface area contributed by atoms with Crippen LogP contribution >= 0.6 is 0 Å². The van der Waals surface area contributed by atoms with Crippen LogP contribution in [0.25, 0.3) is 0 Å². The maximum absolute atomic E-state index is 14.2. The van der Waals surface area contributed by atoms with Crippen LogP contribution in [0, 0.1) is 66.7 Å². The number of esters is 1. The van der Waals surface area contributed by atoms with Gasteiger partial charge < -0.3 is 40.3 Å². The van der Waals surface area contributed by atoms with Gasteiger partial charge in [-0.1, -0.05) is 51.1 Å². The Morgan fingerprint density at radius 3 is 2.27 bits per heavy atom. The third-order valence-corrected chi connectivity index (χ3v) is 11.2. The van der Waals surface area contributed by atoms with E-state index in [4.69, 9.17) is 9.47 Å². The molecule has 239 valence electrons. The zero-order valence-electron chi connectivity index (χ0n) is 26.0. The van der Waals surface area contributed by atoms with E-state index in [2.05, 4.69) is 5.32 Å². The molecule has 1 radical (unpaired) electrons. The molecule has 2 bridgehead atoms. The summed E-state index contributed by atoms with van der Waals surface area (Å²) in [5.74, 6) is -4.08. The van der Waals surface area contributed by atoms with Crippen LogP contribution in [0.4, 0.5) is 0 Å². The predicted molar refractivity (Wildman–Crippen MR) is 152 cm³/mol. The summed E-state index contributed by atoms with van der Waals surface area (Å²) in [5.41, 5.74) is -5.14. The number of Topliss-reactive ketones (excluding diaryl/α,β-unsaturated/α-hetero) is 1. The number of amides is 1. The molecule has 0 spiro atoms. The molecule has 12 heteroatoms. The van der Waals surface area contributed by atoms with Crippen molar-refractivity contribution in [1.29, 1.82) is 0 Å². The van der Waals surface area contributed by atoms with Gasteiger partial charge in [0.25, 0.3) is 0 Å². The van der Waals surface area contributed by atoms with Crippen LogP contribution in [-0.2, 0) is 23.9 Å². The van der Waals surface area contributed by atoms with E-state index in [1.807, 2.05) is 0 Å². The number of aliphatic hydroxyl groups is 5. The summed E-state index contributed by atoms with van der Waals surface area (Å²) < 4.78 is 11.4. The number of ether oxygens (including phenoxy) is 2. The minimum Gasteiger partial charge on any atom is -0.456 e. The molecule has 1 saturated heterocycles. The van der Waals surface area contributed by atoms with Crippen LogP contribution in [-0.4, -0.2) is 91.5 Å². The van der Waals surface area contributed by atoms with Gasteiger partial charge in [0.15, 0.2) is 11.9 Å². The summed E-state index contributed by atoms with van der Waals surface area (Å²) in [6.45, 7) is 9.41. The normalized spacial score (nSPS) is 40.5. The number of benzene rings is 1. The van der Waals surface area contributed by atoms with Crippen molar-refractivity contribution >= 4 is 17.7 Å². The fourth-order valence-electron chi connectivity index (χ4n) is 8.68. The topological polar surface area (TPSA) is 183 Å². The molecular weight excluding hydrogens is 785 g/mol. The molecule has 0 aromatic heterocycles. The molecule has 44 heavy (non-hydrogen) atoms. The van der Waals surface area contributed by atoms with E-state index in [9.17, 15) is 39.9 Å². The Morgan fingerprint density at radius 2 is 1.73 bits per heavy atom. The van der Waals surface area contributed by atoms with Gasteiger partial charge in [0.2, 0.25) is 5.91 Å². The summed E-state index contributed by atoms with van der Waals surface area (Å²) in [5, 5.41) is 61.1. The number of aliphatic hydroxyl groups excluding tert-OH is 3. The molecule has 1 aromatic carbocycles. The van der Waals surface area contributed by atoms with Gasteiger partial charge >= 0.3 is 5.97 Å². The summed E-state index contributed by atoms with van der Waals surface area (Å²) in [7, 11) is 0. The first-order chi connectivity index (χ1) is 19.9. The van der Waals surface area contributed by atoms with E-state index in [-0.39, 0.29) is 69.1 Å². The molecule has 11 atom stereocenters. The number of carbonyl (C=O) groups excluding carboxylic acids is 3. The molecule has 1 heterocycles. The van der Waals surface area contributed by atoms with Gasteiger partial charge in [0.1, 0.15) is 17.8 Å². The molecule has 6 N–H and O–H groups in total. The molecule has 1 aromatic rings. The quantitative estimate of drug-likeness (QED) is 0.183. The smallest absolute Gasteiger partial charge is 0.338 e. The second kappa shape index (κ2) is 12.1. The van der Waals surface area contributed by atoms with Crippen molar-refractivity contribution in [2.24, 2.45) is 22.7 Å². The average molecular weight is 829 g/mol. The van der Waals surface area contributed by atoms with Crippen molar-refractivity contribution < 1.29 is 93.5 Å². The largest absolute Gasteiger partial charge is 0.456 e. The van der Waals surface area contributed by atoms with E-state index in [1.165, 1.54) is 13.8 Å². The molecular formula is C32H43AcNO10. The first-order valence-corrected chi connectivity index (χ1v) is 14.8. The van der Waals surface area contributed by atoms with Gasteiger partial charge in [-0.05, 0) is 36.5 Å². The predicted octanol–water partition coefficient (Wildman–Crippen LogP) is 0.711. The van der Waals surface area contributed by atoms with Crippen LogP contribution < -0.4 is 5.32 Å². The van der Waals surface area contributed by atoms with E-state index in [0.29, 0.717) is 11.1 Å². The number of hydrogen-bond acceptors (Lipinski definition) is 10. The number of fused-ring (bicyclic) bond motifs is 5. The van der Waals surface area contributed by atoms with Crippen molar-refractivity contribution in [2.45, 2.75) is 102 Å². The zero-order valence-corrected chi connectivity index (χ0v) is 30.7. The maximum atomic E-state index is 14.2. The Hall–Kier alpha value is -1.23. The maximum Gasteiger partial charge on any atom is 0.338 e. The standard InChI is InChI=1S/C32H43NO10.Ac/c1-15-19(43-28(39)25(37)23(33-17(3)34)18-10-8-7-9-11-18)13-32(41)16(2)26-30(6,20(35)12-21-31(26,40)14-42-21)27(38)24(36)22(15)29(32,4)5;/h7-11,16,19-21,23-26,35-37,40-41H,12-14H2,1-6H3,(H,33,34);/t16-,19?,20?,21?,23?,24?,25?,26?,30+,31?,32?;/m0./s1. The minimum absolute atomic E-state index is 0. The molecule has 5 rings (SSSR count). The van der Waals surface area contributed by atoms with Crippen molar-refractivity contribution in [3.63, 3.8) is 0 Å². The fraction of sp³-hybridized carbons (Fsp3) is 0.656. The molecule has 1 aliphatic heterocycles. The Labute approximate surface area is 292 Å². The second-order valence-electron chi connectivity index (χ2n) is 13.7. The zero-order chi connectivity index (χ0) is 31.9. The Morgan fingerprint density at radius 1 is 1.11 bits per heavy atom. The number of nitrogens with one attached hydrogen (secondary N) is 1. The number of hydrogen-bond donors (Lipinski definition) is 6. The van der Waals surface area contributed by atoms with Crippen molar-refractivity contribution in [3.05, 3.63) is 47.0 Å². The van der Waals surface area contributed by atoms with Crippen LogP contribution in [0.15, 0.2) is 41.5 Å². The molecule has 4 aliphatic rings. The fourth-order valence-corrected chi connectivity index (χ4v) is 8.68. The molecule has 1 amide bonds. The van der Waals surface area contributed by atoms with Crippen LogP contribution in [0.5, 0.6) is 0 Å². The number of rotatable bonds is 5. The van der Waals surface area contributed by atoms with Crippen LogP contribution in [0.3, 0.4) is 0 Å². The molecule has 3 fully saturated rings. The monoisotopic (exact) mass is 828 g/mol. The summed E-state index contributed by atoms with van der Waals surface area (Å²) >= 11 is 0. The number of carbonyl (C=O) groups is 3. The van der Waals surface area contributed by atoms with Gasteiger partial charge in [0.05, 0.1) is 35.9 Å². The number of ketones is 1. The van der Waals surface area contributed by atoms with Gasteiger partial charge in [-0.2, -0.15) is 0 Å². The Kier molecular flexibility index (Phi) is 9.79. The van der Waals surface area contributed by atoms with E-state index < -0.39 is 88.1 Å². The third-order valence-electron chi connectivity index (χ3n) is 11.2. The van der Waals surface area contributed by atoms with Crippen molar-refractivity contribution in [1.82, 2.24) is 5.32 Å². The third kappa shape index (κ3) is 5.07. The second-order valence-corrected chi connectivity index (χ2v) is 13.7. The molecule has 11 nitrogen and oxygen atoms in total. The minimum atomic E-state index is -1.81. The van der Waals surface area contributed by atoms with E-state index in [1.54, 1.807) is 58.0 Å². The van der Waals surface area contributed by atoms with Gasteiger partial charge in [-0.3, -0.25) is 9.59 Å². The SMILES string of the molecule is CC(=O)NC(c1ccccc1)C(O)C(=O)OC1CC2(O)[C@@H](C)C3C4(O)COC4CC(O)[C@@]3(C)C(=O)C(O)C(=C1C)C2(C)C.[Ac]. The van der Waals surface area contributed by atoms with Crippen LogP contribution in [0.2, 0.25) is 0 Å². The first-order valence-electron chi connectivity index (χ1n) is 14.8. The summed E-state index contributed by atoms with van der Waals surface area (Å²) in [6, 6.07) is 7.33. The first kappa shape index (κ1) is 35.6. The van der Waals surface area contributed by atoms with Crippen LogP contribution in [0.1, 0.15) is 66.0 Å². The van der Waals surface area contributed by atoms with Gasteiger partial charge in [-0.15, -0.1) is 0 Å². The van der Waals surface area contributed by atoms with Gasteiger partial charge in [0, 0.05) is 75.2 Å². The average Bonchev–Trinajstić information content (AvgIpc) is 2.94. The molecule has 2 saturated carbocycles. The van der Waals surface area contributed by atoms with Gasteiger partial charge in [-0.25, -0.2) is 4.79 Å². The summed E-state index contributed by atoms with van der Waals surface area (Å²) in [6.07, 6.45) is -6.90. The van der Waals surface area contributed by atoms with E-state index in [0.717, 1.165) is 0 Å². The summed E-state index contributed by atoms with van der Waals surface area (Å²) in [4.78, 5) is 39.6. The van der Waals surface area contributed by atoms with Crippen molar-refractivity contribution in [3.8, 4) is 0 Å².